The first-order valence-corrected chi connectivity index (χ1v) is 23.8. The molecule has 5 aliphatic rings. The molecule has 3 nitrogen and oxygen atoms in total. The van der Waals surface area contributed by atoms with Crippen LogP contribution in [0.15, 0.2) is 217 Å². The van der Waals surface area contributed by atoms with Gasteiger partial charge in [-0.1, -0.05) is 178 Å². The summed E-state index contributed by atoms with van der Waals surface area (Å²) in [6.07, 6.45) is 7.46. The van der Waals surface area contributed by atoms with Crippen molar-refractivity contribution in [2.45, 2.75) is 51.5 Å². The van der Waals surface area contributed by atoms with Crippen LogP contribution in [-0.2, 0) is 5.41 Å². The number of nitrogens with zero attached hydrogens (tertiary/aromatic N) is 3. The molecule has 3 unspecified atom stereocenters. The van der Waals surface area contributed by atoms with E-state index < -0.39 is 0 Å². The van der Waals surface area contributed by atoms with Crippen molar-refractivity contribution in [1.82, 2.24) is 0 Å². The molecule has 0 aromatic heterocycles. The molecule has 8 aromatic carbocycles. The number of hydrogen-bond acceptors (Lipinski definition) is 3. The van der Waals surface area contributed by atoms with Gasteiger partial charge in [0.2, 0.25) is 0 Å². The Hall–Kier alpha value is -7.30. The van der Waals surface area contributed by atoms with Crippen LogP contribution < -0.4 is 31.1 Å². The van der Waals surface area contributed by atoms with E-state index in [4.69, 9.17) is 0 Å². The van der Waals surface area contributed by atoms with Gasteiger partial charge in [-0.2, -0.15) is 0 Å². The van der Waals surface area contributed by atoms with Crippen molar-refractivity contribution in [3.63, 3.8) is 0 Å². The first-order chi connectivity index (χ1) is 32.2. The van der Waals surface area contributed by atoms with Gasteiger partial charge < -0.3 is 14.7 Å². The highest BCUT2D eigenvalue weighted by atomic mass is 15.2. The SMILES string of the molecule is CC(C)(C)c1ccc(N2c3cccc(-c4ccccc4)c3B3c4c(-c5ccccc5)cccc4N(C4(C)C=C5CC6=CC(C4)C65)c4cc(N(c5ccccc5)c5ccccc5)cc2c43)cc1. The third-order valence-corrected chi connectivity index (χ3v) is 15.3. The van der Waals surface area contributed by atoms with E-state index in [1.807, 2.05) is 0 Å². The van der Waals surface area contributed by atoms with Crippen LogP contribution in [0.5, 0.6) is 0 Å². The summed E-state index contributed by atoms with van der Waals surface area (Å²) >= 11 is 0. The number of allylic oxidation sites excluding steroid dienone is 3. The van der Waals surface area contributed by atoms with E-state index in [-0.39, 0.29) is 17.7 Å². The Morgan fingerprint density at radius 3 is 1.64 bits per heavy atom. The monoisotopic (exact) mass is 849 g/mol. The lowest BCUT2D eigenvalue weighted by Gasteiger charge is -2.58. The van der Waals surface area contributed by atoms with E-state index in [0.29, 0.717) is 11.8 Å². The molecule has 0 saturated heterocycles. The highest BCUT2D eigenvalue weighted by Crippen LogP contribution is 2.61. The summed E-state index contributed by atoms with van der Waals surface area (Å²) in [4.78, 5) is 7.85. The predicted molar refractivity (Wildman–Crippen MR) is 279 cm³/mol. The number of anilines is 8. The van der Waals surface area contributed by atoms with Gasteiger partial charge in [0.05, 0.1) is 11.2 Å². The van der Waals surface area contributed by atoms with Gasteiger partial charge in [-0.05, 0) is 136 Å². The number of para-hydroxylation sites is 2. The second-order valence-electron chi connectivity index (χ2n) is 20.4. The summed E-state index contributed by atoms with van der Waals surface area (Å²) in [5, 5.41) is 0. The van der Waals surface area contributed by atoms with Gasteiger partial charge in [0.1, 0.15) is 0 Å². The van der Waals surface area contributed by atoms with E-state index in [1.165, 1.54) is 67.0 Å². The minimum Gasteiger partial charge on any atom is -0.333 e. The number of benzene rings is 8. The fourth-order valence-corrected chi connectivity index (χ4v) is 12.4. The van der Waals surface area contributed by atoms with Crippen molar-refractivity contribution in [2.75, 3.05) is 14.7 Å². The predicted octanol–water partition coefficient (Wildman–Crippen LogP) is 14.2. The second-order valence-corrected chi connectivity index (χ2v) is 20.4. The van der Waals surface area contributed by atoms with Crippen molar-refractivity contribution in [2.24, 2.45) is 11.8 Å². The summed E-state index contributed by atoms with van der Waals surface area (Å²) in [7, 11) is 0. The van der Waals surface area contributed by atoms with Crippen LogP contribution >= 0.6 is 0 Å². The number of rotatable bonds is 7. The van der Waals surface area contributed by atoms with Gasteiger partial charge in [-0.15, -0.1) is 0 Å². The first-order valence-electron chi connectivity index (χ1n) is 23.8. The number of fused-ring (bicyclic) bond motifs is 4. The quantitative estimate of drug-likeness (QED) is 0.117. The summed E-state index contributed by atoms with van der Waals surface area (Å²) in [6.45, 7) is 9.37. The Bertz CT molecular complexity index is 3220. The summed E-state index contributed by atoms with van der Waals surface area (Å²) in [5.74, 6) is 1.20. The molecular formula is C62H52BN3. The van der Waals surface area contributed by atoms with Crippen molar-refractivity contribution in [3.8, 4) is 22.3 Å². The van der Waals surface area contributed by atoms with E-state index in [2.05, 4.69) is 249 Å². The molecule has 66 heavy (non-hydrogen) atoms. The molecule has 3 atom stereocenters. The molecular weight excluding hydrogens is 798 g/mol. The Morgan fingerprint density at radius 1 is 0.530 bits per heavy atom. The third kappa shape index (κ3) is 5.90. The molecule has 318 valence electrons. The zero-order valence-corrected chi connectivity index (χ0v) is 38.1. The van der Waals surface area contributed by atoms with Crippen molar-refractivity contribution in [1.29, 1.82) is 0 Å². The van der Waals surface area contributed by atoms with E-state index in [1.54, 1.807) is 11.1 Å². The molecule has 2 heterocycles. The molecule has 2 aliphatic heterocycles. The van der Waals surface area contributed by atoms with Crippen LogP contribution in [-0.4, -0.2) is 12.3 Å². The van der Waals surface area contributed by atoms with E-state index in [0.717, 1.165) is 35.6 Å². The maximum absolute atomic E-state index is 2.80. The highest BCUT2D eigenvalue weighted by molar-refractivity contribution is 7.01. The zero-order chi connectivity index (χ0) is 44.3. The second kappa shape index (κ2) is 14.6. The minimum absolute atomic E-state index is 0.0205. The van der Waals surface area contributed by atoms with Crippen LogP contribution in [0.3, 0.4) is 0 Å². The lowest BCUT2D eigenvalue weighted by Crippen LogP contribution is -2.65. The summed E-state index contributed by atoms with van der Waals surface area (Å²) in [6, 6.07) is 72.7. The molecule has 0 radical (unpaired) electrons. The highest BCUT2D eigenvalue weighted by Gasteiger charge is 2.54. The van der Waals surface area contributed by atoms with Crippen LogP contribution in [0.1, 0.15) is 46.1 Å². The fraction of sp³-hybridized carbons (Fsp3) is 0.161. The average Bonchev–Trinajstić information content (AvgIpc) is 3.33. The molecule has 0 spiro atoms. The lowest BCUT2D eigenvalue weighted by atomic mass is 9.31. The summed E-state index contributed by atoms with van der Waals surface area (Å²) < 4.78 is 0. The van der Waals surface area contributed by atoms with Crippen molar-refractivity contribution >= 4 is 68.6 Å². The first kappa shape index (κ1) is 39.1. The van der Waals surface area contributed by atoms with Crippen LogP contribution in [0, 0.1) is 11.8 Å². The molecule has 0 bridgehead atoms. The Balaban J connectivity index is 1.18. The molecule has 3 aliphatic carbocycles. The van der Waals surface area contributed by atoms with Crippen LogP contribution in [0.2, 0.25) is 0 Å². The average molecular weight is 850 g/mol. The molecule has 1 fully saturated rings. The van der Waals surface area contributed by atoms with Crippen molar-refractivity contribution < 1.29 is 0 Å². The maximum Gasteiger partial charge on any atom is 0.253 e. The largest absolute Gasteiger partial charge is 0.333 e. The third-order valence-electron chi connectivity index (χ3n) is 15.3. The van der Waals surface area contributed by atoms with Crippen LogP contribution in [0.25, 0.3) is 22.3 Å². The van der Waals surface area contributed by atoms with Crippen LogP contribution in [0.4, 0.5) is 45.5 Å². The fourth-order valence-electron chi connectivity index (χ4n) is 12.4. The van der Waals surface area contributed by atoms with Crippen molar-refractivity contribution in [3.05, 3.63) is 223 Å². The molecule has 1 saturated carbocycles. The van der Waals surface area contributed by atoms with E-state index in [9.17, 15) is 0 Å². The molecule has 8 aromatic rings. The lowest BCUT2D eigenvalue weighted by molar-refractivity contribution is 0.276. The molecule has 13 rings (SSSR count). The summed E-state index contributed by atoms with van der Waals surface area (Å²) in [5.41, 5.74) is 22.9. The minimum atomic E-state index is -0.289. The maximum atomic E-state index is 2.80. The molecule has 0 N–H and O–H groups in total. The molecule has 0 amide bonds. The van der Waals surface area contributed by atoms with Gasteiger partial charge in [-0.3, -0.25) is 0 Å². The van der Waals surface area contributed by atoms with Gasteiger partial charge in [0, 0.05) is 45.7 Å². The Kier molecular flexibility index (Phi) is 8.65. The normalized spacial score (nSPS) is 19.5. The van der Waals surface area contributed by atoms with E-state index >= 15 is 0 Å². The topological polar surface area (TPSA) is 9.72 Å². The Labute approximate surface area is 390 Å². The van der Waals surface area contributed by atoms with Gasteiger partial charge >= 0.3 is 0 Å². The Morgan fingerprint density at radius 2 is 1.08 bits per heavy atom. The zero-order valence-electron chi connectivity index (χ0n) is 38.1. The van der Waals surface area contributed by atoms with Gasteiger partial charge in [0.25, 0.3) is 6.71 Å². The van der Waals surface area contributed by atoms with Gasteiger partial charge in [-0.25, -0.2) is 0 Å². The van der Waals surface area contributed by atoms with Gasteiger partial charge in [0.15, 0.2) is 0 Å². The smallest absolute Gasteiger partial charge is 0.253 e. The standard InChI is InChI=1S/C62H52BN3/c1-61(2,3)46-31-33-49(34-32-46)65-53-29-17-27-51(41-19-9-5-10-20-41)58(53)63-59-52(42-21-11-6-12-22-42)28-18-30-54(59)66(62(4)39-44-35-43-36-45(40-62)57(43)44)56-38-50(37-55(65)60(56)63)64(47-23-13-7-14-24-47)48-25-15-8-16-26-48/h5-35,37-38,40,44,57H,36,39H2,1-4H3. The molecule has 4 heteroatoms. The number of hydrogen-bond donors (Lipinski definition) is 0.